The van der Waals surface area contributed by atoms with Crippen molar-refractivity contribution in [3.63, 3.8) is 0 Å². The summed E-state index contributed by atoms with van der Waals surface area (Å²) in [6, 6.07) is 5.61. The fourth-order valence-corrected chi connectivity index (χ4v) is 5.41. The van der Waals surface area contributed by atoms with Gasteiger partial charge < -0.3 is 0 Å². The molecule has 1 atom stereocenters. The SMILES string of the molecule is O=C1OI(=O)(OOS(=O)(=O)O)c2ccccc21. The van der Waals surface area contributed by atoms with Gasteiger partial charge in [-0.1, -0.05) is 0 Å². The van der Waals surface area contributed by atoms with Crippen molar-refractivity contribution in [3.8, 4) is 0 Å². The molecule has 2 rings (SSSR count). The molecule has 0 saturated carbocycles. The Kier molecular flexibility index (Phi) is 2.99. The van der Waals surface area contributed by atoms with E-state index in [2.05, 4.69) is 10.6 Å². The van der Waals surface area contributed by atoms with Gasteiger partial charge >= 0.3 is 100 Å². The van der Waals surface area contributed by atoms with Crippen LogP contribution in [0.5, 0.6) is 0 Å². The van der Waals surface area contributed by atoms with Crippen molar-refractivity contribution < 1.29 is 31.5 Å². The molecule has 0 aromatic heterocycles. The van der Waals surface area contributed by atoms with E-state index in [1.165, 1.54) is 24.3 Å². The number of hydrogen-bond donors (Lipinski definition) is 1. The van der Waals surface area contributed by atoms with Gasteiger partial charge in [0.15, 0.2) is 0 Å². The third kappa shape index (κ3) is 2.50. The van der Waals surface area contributed by atoms with E-state index in [4.69, 9.17) is 4.55 Å². The molecule has 10 heteroatoms. The average Bonchev–Trinajstić information content (AvgIpc) is 2.50. The fourth-order valence-electron chi connectivity index (χ4n) is 1.12. The molecule has 0 radical (unpaired) electrons. The predicted octanol–water partition coefficient (Wildman–Crippen LogP) is 0.995. The average molecular weight is 376 g/mol. The zero-order valence-corrected chi connectivity index (χ0v) is 10.9. The Morgan fingerprint density at radius 1 is 1.29 bits per heavy atom. The van der Waals surface area contributed by atoms with Crippen molar-refractivity contribution in [1.29, 1.82) is 0 Å². The molecule has 17 heavy (non-hydrogen) atoms. The van der Waals surface area contributed by atoms with E-state index in [0.717, 1.165) is 0 Å². The Balaban J connectivity index is 2.36. The van der Waals surface area contributed by atoms with Crippen LogP contribution in [-0.4, -0.2) is 18.9 Å². The van der Waals surface area contributed by atoms with Crippen molar-refractivity contribution in [1.82, 2.24) is 0 Å². The second-order valence-electron chi connectivity index (χ2n) is 2.82. The number of hydrogen-bond acceptors (Lipinski definition) is 7. The molecule has 1 aromatic rings. The van der Waals surface area contributed by atoms with Gasteiger partial charge in [-0.05, 0) is 0 Å². The van der Waals surface area contributed by atoms with Crippen LogP contribution >= 0.6 is 19.3 Å². The second-order valence-corrected chi connectivity index (χ2v) is 8.18. The molecule has 1 aliphatic heterocycles. The topological polar surface area (TPSA) is 116 Å². The van der Waals surface area contributed by atoms with E-state index >= 15 is 0 Å². The van der Waals surface area contributed by atoms with Gasteiger partial charge in [0, 0.05) is 0 Å². The third-order valence-electron chi connectivity index (χ3n) is 1.71. The van der Waals surface area contributed by atoms with Gasteiger partial charge in [0.05, 0.1) is 0 Å². The van der Waals surface area contributed by atoms with E-state index in [1.54, 1.807) is 0 Å². The summed E-state index contributed by atoms with van der Waals surface area (Å²) in [4.78, 5) is 11.3. The Morgan fingerprint density at radius 2 is 1.94 bits per heavy atom. The molecule has 0 bridgehead atoms. The van der Waals surface area contributed by atoms with Crippen molar-refractivity contribution in [2.45, 2.75) is 0 Å². The van der Waals surface area contributed by atoms with E-state index in [-0.39, 0.29) is 9.13 Å². The summed E-state index contributed by atoms with van der Waals surface area (Å²) in [5.74, 6) is -0.897. The zero-order chi connectivity index (χ0) is 12.7. The Hall–Kier alpha value is -0.950. The number of fused-ring (bicyclic) bond motifs is 1. The molecule has 94 valence electrons. The number of carbonyl (C=O) groups is 1. The van der Waals surface area contributed by atoms with Crippen molar-refractivity contribution in [2.75, 3.05) is 0 Å². The van der Waals surface area contributed by atoms with Crippen LogP contribution in [-0.2, 0) is 24.1 Å². The summed E-state index contributed by atoms with van der Waals surface area (Å²) in [5, 5.41) is 0. The van der Waals surface area contributed by atoms with Crippen LogP contribution in [0.1, 0.15) is 10.4 Å². The molecule has 8 nitrogen and oxygen atoms in total. The maximum atomic E-state index is 12.0. The molecule has 0 amide bonds. The van der Waals surface area contributed by atoms with Crippen LogP contribution in [0.2, 0.25) is 0 Å². The molecule has 1 unspecified atom stereocenters. The van der Waals surface area contributed by atoms with Crippen molar-refractivity contribution in [3.05, 3.63) is 33.4 Å². The quantitative estimate of drug-likeness (QED) is 0.360. The van der Waals surface area contributed by atoms with Crippen LogP contribution in [0.3, 0.4) is 0 Å². The van der Waals surface area contributed by atoms with E-state index in [0.29, 0.717) is 0 Å². The molecular weight excluding hydrogens is 371 g/mol. The first-order valence-electron chi connectivity index (χ1n) is 3.99. The molecular formula is C7H5IO8S. The van der Waals surface area contributed by atoms with Gasteiger partial charge in [-0.3, -0.25) is 0 Å². The van der Waals surface area contributed by atoms with Gasteiger partial charge in [-0.25, -0.2) is 0 Å². The normalized spacial score (nSPS) is 27.0. The van der Waals surface area contributed by atoms with Crippen LogP contribution in [0.4, 0.5) is 0 Å². The summed E-state index contributed by atoms with van der Waals surface area (Å²) in [6.45, 7) is 0. The number of halogens is 1. The molecule has 1 aliphatic rings. The number of rotatable bonds is 3. The first-order valence-corrected chi connectivity index (χ1v) is 9.07. The monoisotopic (exact) mass is 376 g/mol. The molecule has 1 N–H and O–H groups in total. The van der Waals surface area contributed by atoms with Gasteiger partial charge in [0.1, 0.15) is 0 Å². The summed E-state index contributed by atoms with van der Waals surface area (Å²) in [6.07, 6.45) is 0. The molecule has 0 aliphatic carbocycles. The minimum absolute atomic E-state index is 0.0119. The Bertz CT molecular complexity index is 621. The standard InChI is InChI=1S/C7H5IO8S/c9-7-5-3-1-2-4-6(5)8(10,14-7)15-16-17(11,12)13/h1-4H,(H,11,12,13). The zero-order valence-electron chi connectivity index (χ0n) is 7.90. The van der Waals surface area contributed by atoms with Crippen LogP contribution in [0, 0.1) is 3.57 Å². The van der Waals surface area contributed by atoms with Gasteiger partial charge in [-0.2, -0.15) is 0 Å². The van der Waals surface area contributed by atoms with Crippen LogP contribution < -0.4 is 0 Å². The summed E-state index contributed by atoms with van der Waals surface area (Å²) in [7, 11) is -4.94. The van der Waals surface area contributed by atoms with E-state index in [1.807, 2.05) is 0 Å². The van der Waals surface area contributed by atoms with Crippen LogP contribution in [0.25, 0.3) is 0 Å². The molecule has 1 heterocycles. The second kappa shape index (κ2) is 4.06. The molecule has 0 saturated heterocycles. The summed E-state index contributed by atoms with van der Waals surface area (Å²) in [5.41, 5.74) is 0.0119. The molecule has 0 fully saturated rings. The van der Waals surface area contributed by atoms with Gasteiger partial charge in [0.25, 0.3) is 0 Å². The summed E-state index contributed by atoms with van der Waals surface area (Å²) >= 11 is -5.01. The van der Waals surface area contributed by atoms with E-state index in [9.17, 15) is 16.3 Å². The van der Waals surface area contributed by atoms with Crippen molar-refractivity contribution in [2.24, 2.45) is 0 Å². The molecule has 1 aromatic carbocycles. The third-order valence-corrected chi connectivity index (χ3v) is 6.19. The van der Waals surface area contributed by atoms with Crippen molar-refractivity contribution >= 4 is 35.6 Å². The predicted molar refractivity (Wildman–Crippen MR) is 59.0 cm³/mol. The Morgan fingerprint density at radius 3 is 2.59 bits per heavy atom. The molecule has 0 spiro atoms. The van der Waals surface area contributed by atoms with E-state index < -0.39 is 35.6 Å². The minimum atomic E-state index is -5.01. The fraction of sp³-hybridized carbons (Fsp3) is 0. The first kappa shape index (κ1) is 12.5. The number of carbonyl (C=O) groups excluding carboxylic acids is 1. The summed E-state index contributed by atoms with van der Waals surface area (Å²) < 4.78 is 52.9. The first-order chi connectivity index (χ1) is 7.82. The van der Waals surface area contributed by atoms with Gasteiger partial charge in [0.2, 0.25) is 0 Å². The van der Waals surface area contributed by atoms with Crippen LogP contribution in [0.15, 0.2) is 24.3 Å². The maximum absolute atomic E-state index is 12.0. The Labute approximate surface area is 100 Å². The number of benzene rings is 1. The van der Waals surface area contributed by atoms with Gasteiger partial charge in [-0.15, -0.1) is 0 Å².